The third-order valence-electron chi connectivity index (χ3n) is 6.19. The van der Waals surface area contributed by atoms with Gasteiger partial charge in [0.1, 0.15) is 19.3 Å². The maximum absolute atomic E-state index is 11.9. The van der Waals surface area contributed by atoms with E-state index in [4.69, 9.17) is 28.4 Å². The van der Waals surface area contributed by atoms with Crippen molar-refractivity contribution >= 4 is 5.97 Å². The molecule has 154 valence electrons. The van der Waals surface area contributed by atoms with Gasteiger partial charge in [-0.15, -0.1) is 0 Å². The van der Waals surface area contributed by atoms with Gasteiger partial charge in [-0.3, -0.25) is 0 Å². The summed E-state index contributed by atoms with van der Waals surface area (Å²) < 4.78 is 33.6. The van der Waals surface area contributed by atoms with Crippen LogP contribution in [0.5, 0.6) is 0 Å². The molecule has 3 aliphatic heterocycles. The maximum Gasteiger partial charge on any atom is 0.332 e. The van der Waals surface area contributed by atoms with E-state index in [-0.39, 0.29) is 31.6 Å². The number of hydrogen-bond donors (Lipinski definition) is 0. The number of carbonyl (C=O) groups is 1. The number of ether oxygens (including phenoxy) is 6. The van der Waals surface area contributed by atoms with Gasteiger partial charge in [-0.2, -0.15) is 0 Å². The normalized spacial score (nSPS) is 41.0. The first-order valence-corrected chi connectivity index (χ1v) is 10.4. The number of carbonyl (C=O) groups excluding carboxylic acids is 1. The molecule has 27 heavy (non-hydrogen) atoms. The van der Waals surface area contributed by atoms with Gasteiger partial charge >= 0.3 is 5.97 Å². The topological polar surface area (TPSA) is 79.1 Å². The third-order valence-corrected chi connectivity index (χ3v) is 6.19. The van der Waals surface area contributed by atoms with Crippen LogP contribution in [0.4, 0.5) is 0 Å². The van der Waals surface area contributed by atoms with Crippen LogP contribution >= 0.6 is 0 Å². The van der Waals surface area contributed by atoms with E-state index in [0.29, 0.717) is 49.5 Å². The van der Waals surface area contributed by atoms with Crippen molar-refractivity contribution in [1.29, 1.82) is 0 Å². The monoisotopic (exact) mass is 384 g/mol. The van der Waals surface area contributed by atoms with Crippen LogP contribution in [0.25, 0.3) is 0 Å². The van der Waals surface area contributed by atoms with E-state index < -0.39 is 0 Å². The minimum absolute atomic E-state index is 0.0163. The summed E-state index contributed by atoms with van der Waals surface area (Å²) in [5.74, 6) is 0.465. The summed E-state index contributed by atoms with van der Waals surface area (Å²) in [6.45, 7) is 5.46. The minimum Gasteiger partial charge on any atom is -0.461 e. The molecule has 0 aromatic carbocycles. The molecule has 0 spiro atoms. The van der Waals surface area contributed by atoms with E-state index in [1.807, 2.05) is 0 Å². The molecule has 7 heteroatoms. The number of rotatable bonds is 10. The van der Waals surface area contributed by atoms with Crippen LogP contribution < -0.4 is 0 Å². The van der Waals surface area contributed by atoms with Crippen LogP contribution in [0, 0.1) is 11.8 Å². The lowest BCUT2D eigenvalue weighted by molar-refractivity contribution is -0.155. The number of epoxide rings is 2. The van der Waals surface area contributed by atoms with Gasteiger partial charge in [0.25, 0.3) is 0 Å². The maximum atomic E-state index is 11.9. The molecule has 4 fully saturated rings. The Morgan fingerprint density at radius 1 is 1.19 bits per heavy atom. The van der Waals surface area contributed by atoms with Gasteiger partial charge in [-0.1, -0.05) is 13.3 Å². The molecule has 1 aliphatic carbocycles. The van der Waals surface area contributed by atoms with E-state index in [1.165, 1.54) is 0 Å². The first-order valence-electron chi connectivity index (χ1n) is 10.4. The zero-order valence-corrected chi connectivity index (χ0v) is 16.3. The lowest BCUT2D eigenvalue weighted by atomic mass is 9.89. The highest BCUT2D eigenvalue weighted by atomic mass is 16.7. The molecule has 3 saturated heterocycles. The molecule has 8 unspecified atom stereocenters. The lowest BCUT2D eigenvalue weighted by Gasteiger charge is -2.24. The van der Waals surface area contributed by atoms with Crippen molar-refractivity contribution in [3.63, 3.8) is 0 Å². The van der Waals surface area contributed by atoms with Crippen LogP contribution in [-0.4, -0.2) is 69.2 Å². The number of hydrogen-bond acceptors (Lipinski definition) is 7. The Morgan fingerprint density at radius 3 is 2.78 bits per heavy atom. The van der Waals surface area contributed by atoms with Crippen LogP contribution in [0.2, 0.25) is 0 Å². The largest absolute Gasteiger partial charge is 0.461 e. The van der Waals surface area contributed by atoms with Gasteiger partial charge in [0, 0.05) is 5.92 Å². The summed E-state index contributed by atoms with van der Waals surface area (Å²) in [7, 11) is 0. The summed E-state index contributed by atoms with van der Waals surface area (Å²) in [6.07, 6.45) is 6.45. The molecule has 1 saturated carbocycles. The Kier molecular flexibility index (Phi) is 6.34. The first kappa shape index (κ1) is 19.6. The minimum atomic E-state index is -0.347. The standard InChI is InChI=1S/C20H32O7/c1-3-13(6-17-12(2)25-17)8-22-11-19(21)23-9-15-10-24-20(26-15)14-4-5-16-18(7-14)27-16/h12-18,20H,3-11H2,1-2H3. The Morgan fingerprint density at radius 2 is 2.04 bits per heavy atom. The van der Waals surface area contributed by atoms with E-state index in [1.54, 1.807) is 0 Å². The van der Waals surface area contributed by atoms with Crippen LogP contribution in [0.1, 0.15) is 46.0 Å². The van der Waals surface area contributed by atoms with Gasteiger partial charge in [-0.05, 0) is 38.5 Å². The quantitative estimate of drug-likeness (QED) is 0.421. The molecule has 0 amide bonds. The summed E-state index contributed by atoms with van der Waals surface area (Å²) in [5, 5.41) is 0. The molecule has 0 aromatic rings. The lowest BCUT2D eigenvalue weighted by Crippen LogP contribution is -2.29. The van der Waals surface area contributed by atoms with Crippen molar-refractivity contribution in [1.82, 2.24) is 0 Å². The van der Waals surface area contributed by atoms with Gasteiger partial charge < -0.3 is 28.4 Å². The highest BCUT2D eigenvalue weighted by Crippen LogP contribution is 2.42. The first-order chi connectivity index (χ1) is 13.1. The Bertz CT molecular complexity index is 513. The van der Waals surface area contributed by atoms with Crippen LogP contribution in [0.15, 0.2) is 0 Å². The molecule has 7 nitrogen and oxygen atoms in total. The summed E-state index contributed by atoms with van der Waals surface area (Å²) in [6, 6.07) is 0. The second kappa shape index (κ2) is 8.74. The molecular weight excluding hydrogens is 352 g/mol. The van der Waals surface area contributed by atoms with Gasteiger partial charge in [0.15, 0.2) is 6.29 Å². The molecular formula is C20H32O7. The Balaban J connectivity index is 1.07. The van der Waals surface area contributed by atoms with E-state index in [2.05, 4.69) is 13.8 Å². The Hall–Kier alpha value is -0.730. The second-order valence-corrected chi connectivity index (χ2v) is 8.33. The smallest absolute Gasteiger partial charge is 0.332 e. The molecule has 4 rings (SSSR count). The zero-order valence-electron chi connectivity index (χ0n) is 16.3. The molecule has 0 radical (unpaired) electrons. The average Bonchev–Trinajstić information content (AvgIpc) is 3.54. The third kappa shape index (κ3) is 5.41. The fraction of sp³-hybridized carbons (Fsp3) is 0.950. The van der Waals surface area contributed by atoms with Crippen molar-refractivity contribution in [2.45, 2.75) is 82.8 Å². The van der Waals surface area contributed by atoms with Crippen molar-refractivity contribution in [3.05, 3.63) is 0 Å². The van der Waals surface area contributed by atoms with Gasteiger partial charge in [-0.25, -0.2) is 4.79 Å². The highest BCUT2D eigenvalue weighted by molar-refractivity contribution is 5.70. The van der Waals surface area contributed by atoms with Gasteiger partial charge in [0.05, 0.1) is 37.6 Å². The fourth-order valence-corrected chi connectivity index (χ4v) is 4.18. The van der Waals surface area contributed by atoms with E-state index in [9.17, 15) is 4.79 Å². The second-order valence-electron chi connectivity index (χ2n) is 8.33. The molecule has 3 heterocycles. The zero-order chi connectivity index (χ0) is 18.8. The summed E-state index contributed by atoms with van der Waals surface area (Å²) in [4.78, 5) is 11.9. The molecule has 8 atom stereocenters. The molecule has 0 bridgehead atoms. The van der Waals surface area contributed by atoms with Crippen LogP contribution in [0.3, 0.4) is 0 Å². The van der Waals surface area contributed by atoms with Crippen molar-refractivity contribution < 1.29 is 33.2 Å². The van der Waals surface area contributed by atoms with E-state index in [0.717, 1.165) is 32.1 Å². The SMILES string of the molecule is CCC(COCC(=O)OCC1COC(C2CCC3OC3C2)O1)CC1OC1C. The molecule has 0 aromatic heterocycles. The average molecular weight is 384 g/mol. The Labute approximate surface area is 160 Å². The van der Waals surface area contributed by atoms with Crippen LogP contribution in [-0.2, 0) is 33.2 Å². The number of esters is 1. The van der Waals surface area contributed by atoms with Crippen molar-refractivity contribution in [2.75, 3.05) is 26.4 Å². The molecule has 4 aliphatic rings. The van der Waals surface area contributed by atoms with Gasteiger partial charge in [0.2, 0.25) is 0 Å². The van der Waals surface area contributed by atoms with E-state index >= 15 is 0 Å². The predicted molar refractivity (Wildman–Crippen MR) is 95.1 cm³/mol. The fourth-order valence-electron chi connectivity index (χ4n) is 4.18. The molecule has 0 N–H and O–H groups in total. The predicted octanol–water partition coefficient (Wildman–Crippen LogP) is 2.06. The van der Waals surface area contributed by atoms with Crippen molar-refractivity contribution in [3.8, 4) is 0 Å². The summed E-state index contributed by atoms with van der Waals surface area (Å²) in [5.41, 5.74) is 0. The van der Waals surface area contributed by atoms with Crippen molar-refractivity contribution in [2.24, 2.45) is 11.8 Å². The number of fused-ring (bicyclic) bond motifs is 1. The highest BCUT2D eigenvalue weighted by Gasteiger charge is 2.47. The summed E-state index contributed by atoms with van der Waals surface area (Å²) >= 11 is 0.